The molecule has 3 aromatic rings. The minimum absolute atomic E-state index is 0.119. The minimum Gasteiger partial charge on any atom is -0.311 e. The molecule has 0 saturated carbocycles. The number of aromatic nitrogens is 1. The van der Waals surface area contributed by atoms with Crippen LogP contribution in [0.4, 0.5) is 0 Å². The Balaban J connectivity index is 2.54. The standard InChI is InChI=1S/C23H27NO5S2/c1-4-14-30(26,27)22-19-16-17(6-3)12-13-24(19)20(23(22)31(28,29)15-5-2)21(25)18-10-8-7-9-11-18/h7-13,16H,4-6,14-15H2,1-3H3. The number of nitrogens with zero attached hydrogens (tertiary/aromatic N) is 1. The van der Waals surface area contributed by atoms with Crippen LogP contribution >= 0.6 is 0 Å². The number of carbonyl (C=O) groups excluding carboxylic acids is 1. The first-order valence-corrected chi connectivity index (χ1v) is 13.7. The predicted molar refractivity (Wildman–Crippen MR) is 121 cm³/mol. The number of fused-ring (bicyclic) bond motifs is 1. The summed E-state index contributed by atoms with van der Waals surface area (Å²) in [5.41, 5.74) is 1.28. The summed E-state index contributed by atoms with van der Waals surface area (Å²) in [4.78, 5) is 12.9. The van der Waals surface area contributed by atoms with Crippen LogP contribution in [0.25, 0.3) is 5.52 Å². The van der Waals surface area contributed by atoms with Crippen LogP contribution in [0.15, 0.2) is 58.5 Å². The maximum Gasteiger partial charge on any atom is 0.211 e. The lowest BCUT2D eigenvalue weighted by Crippen LogP contribution is -2.17. The summed E-state index contributed by atoms with van der Waals surface area (Å²) < 4.78 is 54.7. The van der Waals surface area contributed by atoms with E-state index in [1.807, 2.05) is 6.92 Å². The molecule has 2 heterocycles. The van der Waals surface area contributed by atoms with Gasteiger partial charge in [-0.2, -0.15) is 0 Å². The highest BCUT2D eigenvalue weighted by Crippen LogP contribution is 2.36. The molecule has 8 heteroatoms. The first-order chi connectivity index (χ1) is 14.7. The van der Waals surface area contributed by atoms with Crippen molar-refractivity contribution in [3.63, 3.8) is 0 Å². The van der Waals surface area contributed by atoms with Crippen LogP contribution in [0.5, 0.6) is 0 Å². The van der Waals surface area contributed by atoms with Crippen molar-refractivity contribution in [3.05, 3.63) is 65.5 Å². The largest absolute Gasteiger partial charge is 0.311 e. The van der Waals surface area contributed by atoms with Gasteiger partial charge in [0.2, 0.25) is 5.78 Å². The van der Waals surface area contributed by atoms with E-state index in [4.69, 9.17) is 0 Å². The molecular weight excluding hydrogens is 434 g/mol. The quantitative estimate of drug-likeness (QED) is 0.448. The number of sulfone groups is 2. The van der Waals surface area contributed by atoms with Crippen LogP contribution < -0.4 is 0 Å². The number of pyridine rings is 1. The van der Waals surface area contributed by atoms with Crippen molar-refractivity contribution in [2.24, 2.45) is 0 Å². The maximum absolute atomic E-state index is 13.5. The molecular formula is C23H27NO5S2. The Morgan fingerprint density at radius 3 is 1.97 bits per heavy atom. The minimum atomic E-state index is -4.03. The molecule has 0 amide bonds. The van der Waals surface area contributed by atoms with Gasteiger partial charge in [0.05, 0.1) is 17.0 Å². The lowest BCUT2D eigenvalue weighted by molar-refractivity contribution is 0.103. The van der Waals surface area contributed by atoms with Crippen molar-refractivity contribution in [2.45, 2.75) is 49.8 Å². The number of rotatable bonds is 9. The van der Waals surface area contributed by atoms with Gasteiger partial charge >= 0.3 is 0 Å². The van der Waals surface area contributed by atoms with Crippen LogP contribution in [0.1, 0.15) is 55.2 Å². The zero-order valence-corrected chi connectivity index (χ0v) is 19.6. The molecule has 0 N–H and O–H groups in total. The van der Waals surface area contributed by atoms with Gasteiger partial charge in [-0.15, -0.1) is 0 Å². The number of hydrogen-bond donors (Lipinski definition) is 0. The fourth-order valence-corrected chi connectivity index (χ4v) is 7.71. The summed E-state index contributed by atoms with van der Waals surface area (Å²) in [6.07, 6.45) is 2.89. The van der Waals surface area contributed by atoms with Crippen LogP contribution in [-0.2, 0) is 26.1 Å². The molecule has 1 aromatic carbocycles. The van der Waals surface area contributed by atoms with Crippen LogP contribution in [0.2, 0.25) is 0 Å². The van der Waals surface area contributed by atoms with E-state index in [0.717, 1.165) is 5.56 Å². The maximum atomic E-state index is 13.5. The molecule has 0 aliphatic carbocycles. The average Bonchev–Trinajstić information content (AvgIpc) is 3.10. The van der Waals surface area contributed by atoms with Crippen molar-refractivity contribution < 1.29 is 21.6 Å². The third kappa shape index (κ3) is 4.32. The van der Waals surface area contributed by atoms with E-state index in [-0.39, 0.29) is 32.5 Å². The summed E-state index contributed by atoms with van der Waals surface area (Å²) >= 11 is 0. The molecule has 6 nitrogen and oxygen atoms in total. The molecule has 166 valence electrons. The molecule has 0 saturated heterocycles. The summed E-state index contributed by atoms with van der Waals surface area (Å²) in [6.45, 7) is 5.37. The van der Waals surface area contributed by atoms with E-state index in [0.29, 0.717) is 24.8 Å². The highest BCUT2D eigenvalue weighted by atomic mass is 32.2. The fourth-order valence-electron chi connectivity index (χ4n) is 3.74. The summed E-state index contributed by atoms with van der Waals surface area (Å²) in [6, 6.07) is 11.8. The van der Waals surface area contributed by atoms with Gasteiger partial charge in [0.25, 0.3) is 0 Å². The second-order valence-corrected chi connectivity index (χ2v) is 11.6. The van der Waals surface area contributed by atoms with E-state index in [1.165, 1.54) is 4.40 Å². The van der Waals surface area contributed by atoms with Gasteiger partial charge < -0.3 is 4.40 Å². The Kier molecular flexibility index (Phi) is 6.71. The van der Waals surface area contributed by atoms with Gasteiger partial charge in [-0.05, 0) is 37.0 Å². The molecule has 0 unspecified atom stereocenters. The monoisotopic (exact) mass is 461 g/mol. The Morgan fingerprint density at radius 1 is 0.839 bits per heavy atom. The normalized spacial score (nSPS) is 12.4. The predicted octanol–water partition coefficient (Wildman–Crippen LogP) is 4.10. The Morgan fingerprint density at radius 2 is 1.42 bits per heavy atom. The number of benzene rings is 1. The highest BCUT2D eigenvalue weighted by molar-refractivity contribution is 7.94. The second kappa shape index (κ2) is 8.96. The van der Waals surface area contributed by atoms with Crippen LogP contribution in [-0.4, -0.2) is 38.5 Å². The summed E-state index contributed by atoms with van der Waals surface area (Å²) in [7, 11) is -7.97. The van der Waals surface area contributed by atoms with Crippen molar-refractivity contribution in [2.75, 3.05) is 11.5 Å². The summed E-state index contributed by atoms with van der Waals surface area (Å²) in [5.74, 6) is -0.960. The lowest BCUT2D eigenvalue weighted by atomic mass is 10.1. The van der Waals surface area contributed by atoms with Crippen LogP contribution in [0, 0.1) is 0 Å². The molecule has 0 atom stereocenters. The van der Waals surface area contributed by atoms with Gasteiger partial charge in [-0.1, -0.05) is 51.1 Å². The molecule has 2 aromatic heterocycles. The molecule has 0 aliphatic heterocycles. The highest BCUT2D eigenvalue weighted by Gasteiger charge is 2.37. The second-order valence-electron chi connectivity index (χ2n) is 7.48. The SMILES string of the molecule is CCCS(=O)(=O)c1c(S(=O)(=O)CCC)c2cc(CC)ccn2c1C(=O)c1ccccc1. The number of aryl methyl sites for hydroxylation is 1. The van der Waals surface area contributed by atoms with Crippen molar-refractivity contribution >= 4 is 31.0 Å². The third-order valence-corrected chi connectivity index (χ3v) is 9.22. The average molecular weight is 462 g/mol. The van der Waals surface area contributed by atoms with Crippen molar-refractivity contribution in [1.82, 2.24) is 4.40 Å². The molecule has 0 aliphatic rings. The van der Waals surface area contributed by atoms with E-state index >= 15 is 0 Å². The van der Waals surface area contributed by atoms with Crippen LogP contribution in [0.3, 0.4) is 0 Å². The smallest absolute Gasteiger partial charge is 0.211 e. The Hall–Kier alpha value is -2.45. The zero-order chi connectivity index (χ0) is 22.8. The fraction of sp³-hybridized carbons (Fsp3) is 0.348. The zero-order valence-electron chi connectivity index (χ0n) is 18.0. The Labute approximate surface area is 183 Å². The van der Waals surface area contributed by atoms with Gasteiger partial charge in [0.15, 0.2) is 19.7 Å². The van der Waals surface area contributed by atoms with E-state index in [1.54, 1.807) is 62.5 Å². The molecule has 31 heavy (non-hydrogen) atoms. The first kappa shape index (κ1) is 23.2. The van der Waals surface area contributed by atoms with Crippen molar-refractivity contribution in [3.8, 4) is 0 Å². The third-order valence-electron chi connectivity index (χ3n) is 5.14. The topological polar surface area (TPSA) is 89.8 Å². The number of ketones is 1. The van der Waals surface area contributed by atoms with E-state index < -0.39 is 25.5 Å². The van der Waals surface area contributed by atoms with Gasteiger partial charge in [-0.25, -0.2) is 16.8 Å². The van der Waals surface area contributed by atoms with Gasteiger partial charge in [0, 0.05) is 11.8 Å². The lowest BCUT2D eigenvalue weighted by Gasteiger charge is -2.09. The molecule has 0 spiro atoms. The first-order valence-electron chi connectivity index (χ1n) is 10.4. The number of carbonyl (C=O) groups is 1. The molecule has 3 rings (SSSR count). The summed E-state index contributed by atoms with van der Waals surface area (Å²) in [5, 5.41) is 0. The molecule has 0 bridgehead atoms. The van der Waals surface area contributed by atoms with E-state index in [9.17, 15) is 21.6 Å². The molecule has 0 fully saturated rings. The van der Waals surface area contributed by atoms with Gasteiger partial charge in [-0.3, -0.25) is 4.79 Å². The number of hydrogen-bond acceptors (Lipinski definition) is 5. The Bertz CT molecular complexity index is 1320. The van der Waals surface area contributed by atoms with Gasteiger partial charge in [0.1, 0.15) is 15.5 Å². The van der Waals surface area contributed by atoms with E-state index in [2.05, 4.69) is 0 Å². The molecule has 0 radical (unpaired) electrons. The van der Waals surface area contributed by atoms with Crippen molar-refractivity contribution in [1.29, 1.82) is 0 Å².